The van der Waals surface area contributed by atoms with Gasteiger partial charge in [-0.05, 0) is 68.6 Å². The minimum Gasteiger partial charge on any atom is -0.508 e. The topological polar surface area (TPSA) is 64.8 Å². The largest absolute Gasteiger partial charge is 0.508 e. The number of benzene rings is 2. The van der Waals surface area contributed by atoms with Crippen molar-refractivity contribution in [2.75, 3.05) is 26.2 Å². The first-order chi connectivity index (χ1) is 15.6. The van der Waals surface area contributed by atoms with Crippen LogP contribution in [0.1, 0.15) is 43.2 Å². The third kappa shape index (κ3) is 4.82. The third-order valence-electron chi connectivity index (χ3n) is 7.17. The molecular formula is C26H34N4O2. The van der Waals surface area contributed by atoms with E-state index < -0.39 is 5.60 Å². The van der Waals surface area contributed by atoms with Crippen LogP contribution in [0.25, 0.3) is 11.0 Å². The van der Waals surface area contributed by atoms with Crippen molar-refractivity contribution in [1.82, 2.24) is 19.4 Å². The highest BCUT2D eigenvalue weighted by Gasteiger charge is 2.33. The van der Waals surface area contributed by atoms with Crippen LogP contribution >= 0.6 is 0 Å². The van der Waals surface area contributed by atoms with Crippen LogP contribution in [0.4, 0.5) is 0 Å². The number of fused-ring (bicyclic) bond motifs is 1. The average Bonchev–Trinajstić information content (AvgIpc) is 3.21. The lowest BCUT2D eigenvalue weighted by Crippen LogP contribution is -2.46. The lowest BCUT2D eigenvalue weighted by Gasteiger charge is -2.38. The van der Waals surface area contributed by atoms with Crippen molar-refractivity contribution in [2.24, 2.45) is 0 Å². The maximum atomic E-state index is 11.2. The van der Waals surface area contributed by atoms with Gasteiger partial charge < -0.3 is 14.8 Å². The molecule has 0 saturated carbocycles. The number of rotatable bonds is 6. The standard InChI is InChI=1S/C26H34N4O2/c31-25-9-8-21(16-22(25)18-28-12-4-1-5-13-28)17-29-14-10-26(32,11-15-29)19-30-20-27-23-6-2-3-7-24(23)30/h2-3,6-9,16,20,31-32H,1,4-5,10-15,17-19H2. The lowest BCUT2D eigenvalue weighted by molar-refractivity contribution is -0.0350. The molecule has 2 saturated heterocycles. The van der Waals surface area contributed by atoms with Gasteiger partial charge in [-0.25, -0.2) is 4.98 Å². The molecule has 6 heteroatoms. The molecule has 5 rings (SSSR count). The van der Waals surface area contributed by atoms with Gasteiger partial charge in [0.2, 0.25) is 0 Å². The van der Waals surface area contributed by atoms with Crippen LogP contribution in [-0.4, -0.2) is 61.3 Å². The molecule has 3 aromatic rings. The Balaban J connectivity index is 1.19. The molecular weight excluding hydrogens is 400 g/mol. The summed E-state index contributed by atoms with van der Waals surface area (Å²) >= 11 is 0. The Morgan fingerprint density at radius 2 is 1.62 bits per heavy atom. The summed E-state index contributed by atoms with van der Waals surface area (Å²) in [5, 5.41) is 21.6. The van der Waals surface area contributed by atoms with E-state index in [1.54, 1.807) is 0 Å². The van der Waals surface area contributed by atoms with Crippen LogP contribution in [0.15, 0.2) is 48.8 Å². The quantitative estimate of drug-likeness (QED) is 0.619. The Hall–Kier alpha value is -2.41. The number of para-hydroxylation sites is 2. The van der Waals surface area contributed by atoms with Crippen LogP contribution in [0.3, 0.4) is 0 Å². The zero-order chi connectivity index (χ0) is 22.0. The fourth-order valence-electron chi connectivity index (χ4n) is 5.22. The number of phenols is 1. The highest BCUT2D eigenvalue weighted by Crippen LogP contribution is 2.28. The molecule has 1 aromatic heterocycles. The lowest BCUT2D eigenvalue weighted by atomic mass is 9.91. The summed E-state index contributed by atoms with van der Waals surface area (Å²) in [6.45, 7) is 6.26. The molecule has 32 heavy (non-hydrogen) atoms. The van der Waals surface area contributed by atoms with E-state index in [0.717, 1.165) is 68.7 Å². The van der Waals surface area contributed by atoms with Crippen molar-refractivity contribution in [3.63, 3.8) is 0 Å². The molecule has 6 nitrogen and oxygen atoms in total. The summed E-state index contributed by atoms with van der Waals surface area (Å²) in [6.07, 6.45) is 7.17. The monoisotopic (exact) mass is 434 g/mol. The van der Waals surface area contributed by atoms with Crippen molar-refractivity contribution < 1.29 is 10.2 Å². The summed E-state index contributed by atoms with van der Waals surface area (Å²) in [7, 11) is 0. The third-order valence-corrected chi connectivity index (χ3v) is 7.17. The molecule has 170 valence electrons. The van der Waals surface area contributed by atoms with Crippen LogP contribution < -0.4 is 0 Å². The molecule has 0 bridgehead atoms. The Labute approximate surface area is 190 Å². The van der Waals surface area contributed by atoms with Gasteiger partial charge in [0.15, 0.2) is 0 Å². The zero-order valence-corrected chi connectivity index (χ0v) is 18.8. The second-order valence-corrected chi connectivity index (χ2v) is 9.66. The molecule has 2 fully saturated rings. The first-order valence-corrected chi connectivity index (χ1v) is 12.0. The number of likely N-dealkylation sites (tertiary alicyclic amines) is 2. The summed E-state index contributed by atoms with van der Waals surface area (Å²) < 4.78 is 2.08. The Bertz CT molecular complexity index is 1050. The molecule has 0 aliphatic carbocycles. The first-order valence-electron chi connectivity index (χ1n) is 12.0. The number of aromatic hydroxyl groups is 1. The first kappa shape index (κ1) is 21.4. The molecule has 2 aliphatic heterocycles. The molecule has 0 spiro atoms. The zero-order valence-electron chi connectivity index (χ0n) is 18.8. The Kier molecular flexibility index (Phi) is 6.17. The van der Waals surface area contributed by atoms with Gasteiger partial charge in [-0.2, -0.15) is 0 Å². The molecule has 2 aromatic carbocycles. The molecule has 0 atom stereocenters. The minimum atomic E-state index is -0.700. The molecule has 0 unspecified atom stereocenters. The highest BCUT2D eigenvalue weighted by molar-refractivity contribution is 5.74. The summed E-state index contributed by atoms with van der Waals surface area (Å²) in [4.78, 5) is 9.32. The number of aromatic nitrogens is 2. The van der Waals surface area contributed by atoms with E-state index >= 15 is 0 Å². The Morgan fingerprint density at radius 1 is 0.875 bits per heavy atom. The van der Waals surface area contributed by atoms with Gasteiger partial charge in [-0.15, -0.1) is 0 Å². The van der Waals surface area contributed by atoms with E-state index in [1.165, 1.54) is 24.8 Å². The summed E-state index contributed by atoms with van der Waals surface area (Å²) in [5.74, 6) is 0.403. The van der Waals surface area contributed by atoms with Gasteiger partial charge in [-0.3, -0.25) is 9.80 Å². The Morgan fingerprint density at radius 3 is 2.44 bits per heavy atom. The molecule has 2 aliphatic rings. The number of hydrogen-bond donors (Lipinski definition) is 2. The van der Waals surface area contributed by atoms with E-state index in [-0.39, 0.29) is 0 Å². The van der Waals surface area contributed by atoms with Gasteiger partial charge >= 0.3 is 0 Å². The number of imidazole rings is 1. The summed E-state index contributed by atoms with van der Waals surface area (Å²) in [5.41, 5.74) is 3.62. The van der Waals surface area contributed by atoms with Gasteiger partial charge in [0, 0.05) is 31.7 Å². The molecule has 2 N–H and O–H groups in total. The second-order valence-electron chi connectivity index (χ2n) is 9.66. The number of hydrogen-bond acceptors (Lipinski definition) is 5. The minimum absolute atomic E-state index is 0.403. The van der Waals surface area contributed by atoms with Crippen LogP contribution in [0, 0.1) is 0 Å². The van der Waals surface area contributed by atoms with E-state index in [4.69, 9.17) is 0 Å². The van der Waals surface area contributed by atoms with Crippen molar-refractivity contribution in [2.45, 2.75) is 57.3 Å². The second kappa shape index (κ2) is 9.22. The van der Waals surface area contributed by atoms with E-state index in [2.05, 4.69) is 31.5 Å². The maximum absolute atomic E-state index is 11.2. The SMILES string of the molecule is Oc1ccc(CN2CCC(O)(Cn3cnc4ccccc43)CC2)cc1CN1CCCCC1. The van der Waals surface area contributed by atoms with E-state index in [0.29, 0.717) is 12.3 Å². The van der Waals surface area contributed by atoms with Crippen LogP contribution in [0.5, 0.6) is 5.75 Å². The van der Waals surface area contributed by atoms with Crippen molar-refractivity contribution in [3.05, 3.63) is 59.9 Å². The fourth-order valence-corrected chi connectivity index (χ4v) is 5.22. The molecule has 3 heterocycles. The van der Waals surface area contributed by atoms with Crippen molar-refractivity contribution >= 4 is 11.0 Å². The van der Waals surface area contributed by atoms with Gasteiger partial charge in [0.1, 0.15) is 5.75 Å². The molecule has 0 radical (unpaired) electrons. The average molecular weight is 435 g/mol. The predicted octanol–water partition coefficient (Wildman–Crippen LogP) is 3.75. The van der Waals surface area contributed by atoms with Crippen LogP contribution in [-0.2, 0) is 19.6 Å². The number of nitrogens with zero attached hydrogens (tertiary/aromatic N) is 4. The number of phenolic OH excluding ortho intramolecular Hbond substituents is 1. The number of piperidine rings is 2. The van der Waals surface area contributed by atoms with E-state index in [9.17, 15) is 10.2 Å². The summed E-state index contributed by atoms with van der Waals surface area (Å²) in [6, 6.07) is 14.1. The highest BCUT2D eigenvalue weighted by atomic mass is 16.3. The van der Waals surface area contributed by atoms with Gasteiger partial charge in [0.05, 0.1) is 29.5 Å². The van der Waals surface area contributed by atoms with Gasteiger partial charge in [0.25, 0.3) is 0 Å². The van der Waals surface area contributed by atoms with Crippen molar-refractivity contribution in [1.29, 1.82) is 0 Å². The predicted molar refractivity (Wildman–Crippen MR) is 126 cm³/mol. The van der Waals surface area contributed by atoms with E-state index in [1.807, 2.05) is 36.7 Å². The van der Waals surface area contributed by atoms with Crippen molar-refractivity contribution in [3.8, 4) is 5.75 Å². The van der Waals surface area contributed by atoms with Gasteiger partial charge in [-0.1, -0.05) is 24.6 Å². The smallest absolute Gasteiger partial charge is 0.120 e. The molecule has 0 amide bonds. The normalized spacial score (nSPS) is 20.0. The van der Waals surface area contributed by atoms with Crippen LogP contribution in [0.2, 0.25) is 0 Å². The number of aliphatic hydroxyl groups is 1. The fraction of sp³-hybridized carbons (Fsp3) is 0.500. The maximum Gasteiger partial charge on any atom is 0.120 e.